The van der Waals surface area contributed by atoms with Gasteiger partial charge in [0.05, 0.1) is 11.6 Å². The first-order valence-corrected chi connectivity index (χ1v) is 5.35. The standard InChI is InChI=1S/C9H11ClFN3O3/c10-4-2-14(9(16)13-8(4)12)7-1-5(11)6(3-15)17-7/h2,5-7,15H,1,3H2,(H2,12,13,16)/t5?,6-,7-/m1/s1. The van der Waals surface area contributed by atoms with Gasteiger partial charge in [-0.3, -0.25) is 4.57 Å². The maximum absolute atomic E-state index is 13.4. The highest BCUT2D eigenvalue weighted by atomic mass is 35.5. The summed E-state index contributed by atoms with van der Waals surface area (Å²) in [6.45, 7) is -0.442. The van der Waals surface area contributed by atoms with E-state index in [-0.39, 0.29) is 17.3 Å². The Hall–Kier alpha value is -1.18. The van der Waals surface area contributed by atoms with Gasteiger partial charge >= 0.3 is 5.69 Å². The number of nitrogens with zero attached hydrogens (tertiary/aromatic N) is 2. The highest BCUT2D eigenvalue weighted by Crippen LogP contribution is 2.30. The van der Waals surface area contributed by atoms with E-state index in [1.165, 1.54) is 6.20 Å². The lowest BCUT2D eigenvalue weighted by Gasteiger charge is -2.14. The number of hydrogen-bond donors (Lipinski definition) is 2. The maximum atomic E-state index is 13.4. The molecule has 1 aliphatic rings. The molecule has 1 unspecified atom stereocenters. The van der Waals surface area contributed by atoms with Crippen LogP contribution in [0, 0.1) is 0 Å². The molecule has 2 rings (SSSR count). The molecule has 1 saturated heterocycles. The van der Waals surface area contributed by atoms with Crippen molar-refractivity contribution in [2.75, 3.05) is 12.3 Å². The molecule has 0 aromatic carbocycles. The Labute approximate surface area is 101 Å². The number of hydrogen-bond acceptors (Lipinski definition) is 5. The lowest BCUT2D eigenvalue weighted by Crippen LogP contribution is -2.28. The van der Waals surface area contributed by atoms with Crippen LogP contribution in [-0.2, 0) is 4.74 Å². The van der Waals surface area contributed by atoms with Crippen molar-refractivity contribution in [2.24, 2.45) is 0 Å². The number of alkyl halides is 1. The summed E-state index contributed by atoms with van der Waals surface area (Å²) in [7, 11) is 0. The molecular formula is C9H11ClFN3O3. The zero-order valence-corrected chi connectivity index (χ0v) is 9.47. The van der Waals surface area contributed by atoms with Gasteiger partial charge in [-0.1, -0.05) is 11.6 Å². The number of aromatic nitrogens is 2. The van der Waals surface area contributed by atoms with Gasteiger partial charge in [0.2, 0.25) is 0 Å². The molecule has 0 spiro atoms. The summed E-state index contributed by atoms with van der Waals surface area (Å²) in [5.74, 6) is -0.0820. The average Bonchev–Trinajstić information content (AvgIpc) is 2.65. The molecule has 1 aliphatic heterocycles. The maximum Gasteiger partial charge on any atom is 0.351 e. The zero-order valence-electron chi connectivity index (χ0n) is 8.72. The Morgan fingerprint density at radius 3 is 3.06 bits per heavy atom. The first-order valence-electron chi connectivity index (χ1n) is 4.97. The molecule has 17 heavy (non-hydrogen) atoms. The molecule has 0 amide bonds. The quantitative estimate of drug-likeness (QED) is 0.790. The Bertz CT molecular complexity index is 481. The molecule has 94 valence electrons. The molecule has 0 radical (unpaired) electrons. The Morgan fingerprint density at radius 2 is 2.47 bits per heavy atom. The number of anilines is 1. The topological polar surface area (TPSA) is 90.4 Å². The van der Waals surface area contributed by atoms with Gasteiger partial charge in [0.15, 0.2) is 0 Å². The Morgan fingerprint density at radius 1 is 1.76 bits per heavy atom. The third-order valence-electron chi connectivity index (χ3n) is 2.59. The van der Waals surface area contributed by atoms with Crippen molar-refractivity contribution in [1.29, 1.82) is 0 Å². The summed E-state index contributed by atoms with van der Waals surface area (Å²) < 4.78 is 19.6. The van der Waals surface area contributed by atoms with Crippen molar-refractivity contribution in [3.63, 3.8) is 0 Å². The van der Waals surface area contributed by atoms with Crippen molar-refractivity contribution >= 4 is 17.4 Å². The van der Waals surface area contributed by atoms with Crippen molar-refractivity contribution < 1.29 is 14.2 Å². The van der Waals surface area contributed by atoms with Gasteiger partial charge in [-0.15, -0.1) is 0 Å². The fourth-order valence-corrected chi connectivity index (χ4v) is 1.83. The average molecular weight is 264 g/mol. The minimum Gasteiger partial charge on any atom is -0.394 e. The van der Waals surface area contributed by atoms with E-state index in [0.717, 1.165) is 4.57 Å². The van der Waals surface area contributed by atoms with E-state index < -0.39 is 30.8 Å². The van der Waals surface area contributed by atoms with Crippen LogP contribution in [0.4, 0.5) is 10.2 Å². The number of nitrogens with two attached hydrogens (primary N) is 1. The van der Waals surface area contributed by atoms with E-state index in [1.807, 2.05) is 0 Å². The Balaban J connectivity index is 2.30. The highest BCUT2D eigenvalue weighted by molar-refractivity contribution is 6.32. The van der Waals surface area contributed by atoms with Crippen LogP contribution in [-0.4, -0.2) is 33.5 Å². The molecule has 6 nitrogen and oxygen atoms in total. The van der Waals surface area contributed by atoms with Crippen LogP contribution >= 0.6 is 11.6 Å². The molecule has 1 fully saturated rings. The number of ether oxygens (including phenoxy) is 1. The summed E-state index contributed by atoms with van der Waals surface area (Å²) in [5.41, 5.74) is 4.69. The number of rotatable bonds is 2. The second kappa shape index (κ2) is 4.59. The number of aliphatic hydroxyl groups is 1. The van der Waals surface area contributed by atoms with Crippen LogP contribution in [0.3, 0.4) is 0 Å². The van der Waals surface area contributed by atoms with E-state index in [2.05, 4.69) is 4.98 Å². The minimum atomic E-state index is -1.33. The third kappa shape index (κ3) is 2.26. The number of aliphatic hydroxyl groups excluding tert-OH is 1. The summed E-state index contributed by atoms with van der Waals surface area (Å²) >= 11 is 5.72. The van der Waals surface area contributed by atoms with Gasteiger partial charge in [-0.2, -0.15) is 4.98 Å². The lowest BCUT2D eigenvalue weighted by atomic mass is 10.2. The third-order valence-corrected chi connectivity index (χ3v) is 2.88. The van der Waals surface area contributed by atoms with Gasteiger partial charge in [-0.05, 0) is 0 Å². The second-order valence-electron chi connectivity index (χ2n) is 3.73. The fourth-order valence-electron chi connectivity index (χ4n) is 1.69. The normalized spacial score (nSPS) is 28.5. The van der Waals surface area contributed by atoms with Crippen LogP contribution in [0.25, 0.3) is 0 Å². The Kier molecular flexibility index (Phi) is 3.32. The smallest absolute Gasteiger partial charge is 0.351 e. The molecule has 8 heteroatoms. The van der Waals surface area contributed by atoms with E-state index in [4.69, 9.17) is 27.2 Å². The van der Waals surface area contributed by atoms with Crippen LogP contribution in [0.5, 0.6) is 0 Å². The second-order valence-corrected chi connectivity index (χ2v) is 4.13. The van der Waals surface area contributed by atoms with E-state index in [9.17, 15) is 9.18 Å². The van der Waals surface area contributed by atoms with Gasteiger partial charge in [0.1, 0.15) is 24.3 Å². The molecule has 0 saturated carbocycles. The van der Waals surface area contributed by atoms with E-state index in [1.54, 1.807) is 0 Å². The van der Waals surface area contributed by atoms with Gasteiger partial charge in [-0.25, -0.2) is 9.18 Å². The predicted octanol–water partition coefficient (Wildman–Crippen LogP) is 0.0968. The molecular weight excluding hydrogens is 253 g/mol. The predicted molar refractivity (Wildman–Crippen MR) is 58.4 cm³/mol. The largest absolute Gasteiger partial charge is 0.394 e. The highest BCUT2D eigenvalue weighted by Gasteiger charge is 2.36. The fraction of sp³-hybridized carbons (Fsp3) is 0.556. The molecule has 1 aromatic heterocycles. The molecule has 2 heterocycles. The molecule has 3 atom stereocenters. The van der Waals surface area contributed by atoms with Crippen LogP contribution in [0.2, 0.25) is 5.02 Å². The van der Waals surface area contributed by atoms with E-state index in [0.29, 0.717) is 0 Å². The van der Waals surface area contributed by atoms with Crippen molar-refractivity contribution in [2.45, 2.75) is 24.9 Å². The molecule has 0 bridgehead atoms. The van der Waals surface area contributed by atoms with Crippen molar-refractivity contribution in [1.82, 2.24) is 9.55 Å². The zero-order chi connectivity index (χ0) is 12.6. The number of halogens is 2. The minimum absolute atomic E-state index is 0.0347. The van der Waals surface area contributed by atoms with Crippen molar-refractivity contribution in [3.8, 4) is 0 Å². The molecule has 3 N–H and O–H groups in total. The molecule has 0 aliphatic carbocycles. The molecule has 1 aromatic rings. The van der Waals surface area contributed by atoms with Crippen LogP contribution < -0.4 is 11.4 Å². The first-order chi connectivity index (χ1) is 8.02. The summed E-state index contributed by atoms with van der Waals surface area (Å²) in [6, 6.07) is 0. The summed E-state index contributed by atoms with van der Waals surface area (Å²) in [4.78, 5) is 15.0. The van der Waals surface area contributed by atoms with Gasteiger partial charge < -0.3 is 15.6 Å². The summed E-state index contributed by atoms with van der Waals surface area (Å²) in [6.07, 6.45) is -1.85. The number of nitrogen functional groups attached to an aromatic ring is 1. The monoisotopic (exact) mass is 263 g/mol. The van der Waals surface area contributed by atoms with Gasteiger partial charge in [0, 0.05) is 12.6 Å². The lowest BCUT2D eigenvalue weighted by molar-refractivity contribution is -0.0355. The first kappa shape index (κ1) is 12.3. The van der Waals surface area contributed by atoms with Crippen LogP contribution in [0.1, 0.15) is 12.6 Å². The SMILES string of the molecule is Nc1nc(=O)n([C@H]2CC(F)[C@@H](CO)O2)cc1Cl. The van der Waals surface area contributed by atoms with E-state index >= 15 is 0 Å². The van der Waals surface area contributed by atoms with Crippen LogP contribution in [0.15, 0.2) is 11.0 Å². The summed E-state index contributed by atoms with van der Waals surface area (Å²) in [5, 5.41) is 8.95. The van der Waals surface area contributed by atoms with Crippen molar-refractivity contribution in [3.05, 3.63) is 21.7 Å². The van der Waals surface area contributed by atoms with Gasteiger partial charge in [0.25, 0.3) is 0 Å².